The molecule has 0 aliphatic carbocycles. The minimum absolute atomic E-state index is 0.738. The van der Waals surface area contributed by atoms with E-state index in [4.69, 9.17) is 4.74 Å². The first kappa shape index (κ1) is 9.92. The van der Waals surface area contributed by atoms with Crippen LogP contribution in [0.25, 0.3) is 0 Å². The van der Waals surface area contributed by atoms with Gasteiger partial charge in [-0.05, 0) is 19.4 Å². The zero-order valence-electron chi connectivity index (χ0n) is 7.31. The molecule has 0 aromatic rings. The van der Waals surface area contributed by atoms with Gasteiger partial charge in [-0.25, -0.2) is 0 Å². The van der Waals surface area contributed by atoms with Gasteiger partial charge >= 0.3 is 0 Å². The van der Waals surface area contributed by atoms with Crippen LogP contribution in [0.2, 0.25) is 0 Å². The average Bonchev–Trinajstić information content (AvgIpc) is 1.87. The van der Waals surface area contributed by atoms with Crippen LogP contribution in [-0.4, -0.2) is 26.3 Å². The Morgan fingerprint density at radius 3 is 2.60 bits per heavy atom. The van der Waals surface area contributed by atoms with E-state index < -0.39 is 0 Å². The van der Waals surface area contributed by atoms with Crippen LogP contribution in [0.5, 0.6) is 0 Å². The van der Waals surface area contributed by atoms with Gasteiger partial charge in [-0.15, -0.1) is 0 Å². The van der Waals surface area contributed by atoms with Gasteiger partial charge in [-0.1, -0.05) is 13.8 Å². The van der Waals surface area contributed by atoms with Crippen LogP contribution in [0.15, 0.2) is 0 Å². The van der Waals surface area contributed by atoms with Crippen molar-refractivity contribution >= 4 is 0 Å². The molecule has 0 radical (unpaired) electrons. The summed E-state index contributed by atoms with van der Waals surface area (Å²) in [6.45, 7) is 10.1. The second-order valence-electron chi connectivity index (χ2n) is 2.79. The molecule has 0 aromatic heterocycles. The molecular weight excluding hydrogens is 126 g/mol. The largest absolute Gasteiger partial charge is 0.380 e. The van der Waals surface area contributed by atoms with E-state index in [-0.39, 0.29) is 0 Å². The van der Waals surface area contributed by atoms with Crippen molar-refractivity contribution < 1.29 is 4.74 Å². The monoisotopic (exact) mass is 145 g/mol. The zero-order chi connectivity index (χ0) is 7.82. The molecule has 1 N–H and O–H groups in total. The van der Waals surface area contributed by atoms with Gasteiger partial charge in [0.1, 0.15) is 0 Å². The molecule has 0 atom stereocenters. The first-order valence-electron chi connectivity index (χ1n) is 4.05. The minimum atomic E-state index is 0.738. The molecule has 0 aliphatic rings. The topological polar surface area (TPSA) is 21.3 Å². The third-order valence-corrected chi connectivity index (χ3v) is 1.18. The highest BCUT2D eigenvalue weighted by Gasteiger charge is 1.90. The molecule has 62 valence electrons. The maximum atomic E-state index is 5.15. The van der Waals surface area contributed by atoms with E-state index in [2.05, 4.69) is 19.2 Å². The molecule has 0 amide bonds. The molecule has 0 saturated heterocycles. The van der Waals surface area contributed by atoms with Gasteiger partial charge in [-0.2, -0.15) is 0 Å². The Morgan fingerprint density at radius 1 is 1.40 bits per heavy atom. The molecule has 0 heterocycles. The lowest BCUT2D eigenvalue weighted by molar-refractivity contribution is 0.148. The van der Waals surface area contributed by atoms with Crippen LogP contribution in [0, 0.1) is 5.92 Å². The summed E-state index contributed by atoms with van der Waals surface area (Å²) in [6, 6.07) is 0. The predicted octanol–water partition coefficient (Wildman–Crippen LogP) is 1.27. The van der Waals surface area contributed by atoms with Crippen molar-refractivity contribution in [3.63, 3.8) is 0 Å². The summed E-state index contributed by atoms with van der Waals surface area (Å²) in [4.78, 5) is 0. The molecular formula is C8H19NO. The first-order valence-corrected chi connectivity index (χ1v) is 4.05. The molecule has 0 aliphatic heterocycles. The Hall–Kier alpha value is -0.0800. The Morgan fingerprint density at radius 2 is 2.10 bits per heavy atom. The molecule has 0 rings (SSSR count). The van der Waals surface area contributed by atoms with Crippen LogP contribution in [0.1, 0.15) is 20.8 Å². The first-order chi connectivity index (χ1) is 4.77. The molecule has 10 heavy (non-hydrogen) atoms. The summed E-state index contributed by atoms with van der Waals surface area (Å²) in [5, 5.41) is 3.29. The normalized spacial score (nSPS) is 10.8. The van der Waals surface area contributed by atoms with Gasteiger partial charge in [0.05, 0.1) is 6.61 Å². The molecule has 0 aromatic carbocycles. The summed E-state index contributed by atoms with van der Waals surface area (Å²) in [5.74, 6) is 0.738. The molecule has 0 fully saturated rings. The summed E-state index contributed by atoms with van der Waals surface area (Å²) < 4.78 is 5.15. The van der Waals surface area contributed by atoms with Gasteiger partial charge in [0.15, 0.2) is 0 Å². The quantitative estimate of drug-likeness (QED) is 0.568. The second kappa shape index (κ2) is 7.03. The van der Waals surface area contributed by atoms with Crippen molar-refractivity contribution in [1.82, 2.24) is 5.32 Å². The summed E-state index contributed by atoms with van der Waals surface area (Å²) in [7, 11) is 0. The van der Waals surface area contributed by atoms with Crippen LogP contribution in [0.3, 0.4) is 0 Å². The van der Waals surface area contributed by atoms with Crippen molar-refractivity contribution in [2.24, 2.45) is 5.92 Å². The van der Waals surface area contributed by atoms with Crippen molar-refractivity contribution in [2.45, 2.75) is 20.8 Å². The minimum Gasteiger partial charge on any atom is -0.380 e. The standard InChI is InChI=1S/C8H19NO/c1-4-10-6-5-9-7-8(2)3/h8-9H,4-7H2,1-3H3. The number of rotatable bonds is 6. The lowest BCUT2D eigenvalue weighted by Gasteiger charge is -2.06. The molecule has 2 heteroatoms. The summed E-state index contributed by atoms with van der Waals surface area (Å²) in [5.41, 5.74) is 0. The Labute approximate surface area is 64.0 Å². The second-order valence-corrected chi connectivity index (χ2v) is 2.79. The van der Waals surface area contributed by atoms with Crippen LogP contribution >= 0.6 is 0 Å². The zero-order valence-corrected chi connectivity index (χ0v) is 7.31. The van der Waals surface area contributed by atoms with Gasteiger partial charge in [0.25, 0.3) is 0 Å². The van der Waals surface area contributed by atoms with E-state index in [9.17, 15) is 0 Å². The summed E-state index contributed by atoms with van der Waals surface area (Å²) >= 11 is 0. The third kappa shape index (κ3) is 7.92. The maximum Gasteiger partial charge on any atom is 0.0590 e. The van der Waals surface area contributed by atoms with E-state index >= 15 is 0 Å². The van der Waals surface area contributed by atoms with E-state index in [1.54, 1.807) is 0 Å². The summed E-state index contributed by atoms with van der Waals surface area (Å²) in [6.07, 6.45) is 0. The van der Waals surface area contributed by atoms with E-state index in [0.29, 0.717) is 0 Å². The van der Waals surface area contributed by atoms with Crippen LogP contribution < -0.4 is 5.32 Å². The van der Waals surface area contributed by atoms with Gasteiger partial charge < -0.3 is 10.1 Å². The van der Waals surface area contributed by atoms with E-state index in [1.807, 2.05) is 6.92 Å². The fourth-order valence-corrected chi connectivity index (χ4v) is 0.679. The van der Waals surface area contributed by atoms with Crippen molar-refractivity contribution in [3.05, 3.63) is 0 Å². The number of ether oxygens (including phenoxy) is 1. The van der Waals surface area contributed by atoms with Gasteiger partial charge in [-0.3, -0.25) is 0 Å². The van der Waals surface area contributed by atoms with Crippen molar-refractivity contribution in [3.8, 4) is 0 Å². The van der Waals surface area contributed by atoms with Gasteiger partial charge in [0.2, 0.25) is 0 Å². The molecule has 0 unspecified atom stereocenters. The Bertz CT molecular complexity index is 64.3. The highest BCUT2D eigenvalue weighted by atomic mass is 16.5. The predicted molar refractivity (Wildman–Crippen MR) is 44.2 cm³/mol. The van der Waals surface area contributed by atoms with E-state index in [0.717, 1.165) is 32.2 Å². The molecule has 0 bridgehead atoms. The number of hydrogen-bond acceptors (Lipinski definition) is 2. The third-order valence-electron chi connectivity index (χ3n) is 1.18. The lowest BCUT2D eigenvalue weighted by Crippen LogP contribution is -2.23. The molecule has 0 saturated carbocycles. The fourth-order valence-electron chi connectivity index (χ4n) is 0.679. The molecule has 2 nitrogen and oxygen atoms in total. The lowest BCUT2D eigenvalue weighted by atomic mass is 10.2. The highest BCUT2D eigenvalue weighted by Crippen LogP contribution is 1.85. The van der Waals surface area contributed by atoms with Crippen molar-refractivity contribution in [2.75, 3.05) is 26.3 Å². The SMILES string of the molecule is CCOCCNCC(C)C. The fraction of sp³-hybridized carbons (Fsp3) is 1.00. The smallest absolute Gasteiger partial charge is 0.0590 e. The Kier molecular flexibility index (Phi) is 6.98. The van der Waals surface area contributed by atoms with Crippen LogP contribution in [0.4, 0.5) is 0 Å². The number of hydrogen-bond donors (Lipinski definition) is 1. The van der Waals surface area contributed by atoms with Crippen molar-refractivity contribution in [1.29, 1.82) is 0 Å². The Balaban J connectivity index is 2.77. The van der Waals surface area contributed by atoms with Crippen LogP contribution in [-0.2, 0) is 4.74 Å². The van der Waals surface area contributed by atoms with Gasteiger partial charge in [0, 0.05) is 13.2 Å². The number of nitrogens with one attached hydrogen (secondary N) is 1. The molecule has 0 spiro atoms. The highest BCUT2D eigenvalue weighted by molar-refractivity contribution is 4.49. The maximum absolute atomic E-state index is 5.15. The van der Waals surface area contributed by atoms with E-state index in [1.165, 1.54) is 0 Å². The average molecular weight is 145 g/mol.